The third kappa shape index (κ3) is 2.72. The summed E-state index contributed by atoms with van der Waals surface area (Å²) in [5.74, 6) is 0. The number of ether oxygens (including phenoxy) is 1. The van der Waals surface area contributed by atoms with E-state index >= 15 is 0 Å². The number of hydrogen-bond acceptors (Lipinski definition) is 4. The van der Waals surface area contributed by atoms with E-state index < -0.39 is 11.9 Å². The molecule has 1 atom stereocenters. The predicted molar refractivity (Wildman–Crippen MR) is 92.9 cm³/mol. The Bertz CT molecular complexity index is 746. The topological polar surface area (TPSA) is 45.6 Å². The molecule has 0 aliphatic carbocycles. The van der Waals surface area contributed by atoms with Crippen molar-refractivity contribution in [3.63, 3.8) is 0 Å². The summed E-state index contributed by atoms with van der Waals surface area (Å²) in [5, 5.41) is 10.9. The number of hydrogen-bond donors (Lipinski definition) is 1. The van der Waals surface area contributed by atoms with Crippen molar-refractivity contribution in [3.05, 3.63) is 63.4 Å². The lowest BCUT2D eigenvalue weighted by Gasteiger charge is -2.39. The van der Waals surface area contributed by atoms with E-state index in [0.29, 0.717) is 10.6 Å². The van der Waals surface area contributed by atoms with Crippen molar-refractivity contribution in [2.24, 2.45) is 0 Å². The second kappa shape index (κ2) is 6.28. The van der Waals surface area contributed by atoms with Crippen LogP contribution in [0.3, 0.4) is 0 Å². The summed E-state index contributed by atoms with van der Waals surface area (Å²) in [6.07, 6.45) is 2.12. The normalized spacial score (nSPS) is 22.7. The molecule has 24 heavy (non-hydrogen) atoms. The van der Waals surface area contributed by atoms with Crippen LogP contribution < -0.4 is 0 Å². The summed E-state index contributed by atoms with van der Waals surface area (Å²) >= 11 is 12.5. The first kappa shape index (κ1) is 16.3. The average molecular weight is 365 g/mol. The molecule has 0 radical (unpaired) electrons. The zero-order valence-corrected chi connectivity index (χ0v) is 14.6. The Labute approximate surface area is 151 Å². The van der Waals surface area contributed by atoms with Crippen LogP contribution >= 0.6 is 23.2 Å². The number of likely N-dealkylation sites (tertiary alicyclic amines) is 1. The molecule has 4 nitrogen and oxygen atoms in total. The monoisotopic (exact) mass is 364 g/mol. The van der Waals surface area contributed by atoms with Gasteiger partial charge in [0.15, 0.2) is 6.29 Å². The molecule has 3 heterocycles. The summed E-state index contributed by atoms with van der Waals surface area (Å²) in [6, 6.07) is 10.4. The maximum absolute atomic E-state index is 10.2. The number of halogens is 2. The van der Waals surface area contributed by atoms with Crippen LogP contribution in [0.1, 0.15) is 35.8 Å². The molecule has 0 bridgehead atoms. The molecule has 0 amide bonds. The highest BCUT2D eigenvalue weighted by molar-refractivity contribution is 6.41. The van der Waals surface area contributed by atoms with E-state index in [2.05, 4.69) is 34.1 Å². The highest BCUT2D eigenvalue weighted by Gasteiger charge is 2.48. The minimum atomic E-state index is -0.983. The Kier molecular flexibility index (Phi) is 4.27. The molecule has 1 fully saturated rings. The number of aromatic nitrogens is 1. The molecule has 6 heteroatoms. The number of piperidine rings is 1. The van der Waals surface area contributed by atoms with Crippen LogP contribution in [-0.4, -0.2) is 28.1 Å². The summed E-state index contributed by atoms with van der Waals surface area (Å²) in [5.41, 5.74) is 2.19. The van der Waals surface area contributed by atoms with Gasteiger partial charge < -0.3 is 9.84 Å². The average Bonchev–Trinajstić information content (AvgIpc) is 2.87. The molecular formula is C18H18Cl2N2O2. The van der Waals surface area contributed by atoms with E-state index in [1.54, 1.807) is 6.20 Å². The quantitative estimate of drug-likeness (QED) is 0.820. The van der Waals surface area contributed by atoms with Gasteiger partial charge in [-0.1, -0.05) is 53.5 Å². The number of fused-ring (bicyclic) bond motifs is 2. The molecule has 126 valence electrons. The van der Waals surface area contributed by atoms with E-state index in [4.69, 9.17) is 27.9 Å². The zero-order chi connectivity index (χ0) is 16.7. The minimum Gasteiger partial charge on any atom is -0.364 e. The lowest BCUT2D eigenvalue weighted by Crippen LogP contribution is -2.42. The van der Waals surface area contributed by atoms with Crippen molar-refractivity contribution in [1.29, 1.82) is 0 Å². The van der Waals surface area contributed by atoms with Crippen LogP contribution in [0, 0.1) is 0 Å². The van der Waals surface area contributed by atoms with Crippen LogP contribution in [0.5, 0.6) is 0 Å². The van der Waals surface area contributed by atoms with Crippen LogP contribution in [0.4, 0.5) is 0 Å². The van der Waals surface area contributed by atoms with Gasteiger partial charge in [-0.2, -0.15) is 0 Å². The van der Waals surface area contributed by atoms with Gasteiger partial charge in [0, 0.05) is 37.0 Å². The highest BCUT2D eigenvalue weighted by Crippen LogP contribution is 2.52. The van der Waals surface area contributed by atoms with Gasteiger partial charge in [-0.05, 0) is 18.4 Å². The second-order valence-corrected chi connectivity index (χ2v) is 7.16. The van der Waals surface area contributed by atoms with Crippen LogP contribution in [0.2, 0.25) is 10.2 Å². The summed E-state index contributed by atoms with van der Waals surface area (Å²) in [6.45, 7) is 2.66. The third-order valence-electron chi connectivity index (χ3n) is 4.98. The first-order valence-electron chi connectivity index (χ1n) is 8.06. The Morgan fingerprint density at radius 2 is 1.92 bits per heavy atom. The fraction of sp³-hybridized carbons (Fsp3) is 0.389. The van der Waals surface area contributed by atoms with Gasteiger partial charge in [-0.3, -0.25) is 4.90 Å². The largest absolute Gasteiger partial charge is 0.364 e. The number of nitrogens with zero attached hydrogens (tertiary/aromatic N) is 2. The van der Waals surface area contributed by atoms with E-state index in [9.17, 15) is 5.11 Å². The molecule has 1 N–H and O–H groups in total. The Morgan fingerprint density at radius 3 is 2.62 bits per heavy atom. The summed E-state index contributed by atoms with van der Waals surface area (Å²) in [7, 11) is 0. The van der Waals surface area contributed by atoms with Gasteiger partial charge in [-0.15, -0.1) is 0 Å². The number of pyridine rings is 1. The second-order valence-electron chi connectivity index (χ2n) is 6.42. The fourth-order valence-electron chi connectivity index (χ4n) is 3.75. The van der Waals surface area contributed by atoms with Crippen LogP contribution in [-0.2, 0) is 16.9 Å². The van der Waals surface area contributed by atoms with Gasteiger partial charge in [0.2, 0.25) is 0 Å². The van der Waals surface area contributed by atoms with E-state index in [0.717, 1.165) is 38.0 Å². The fourth-order valence-corrected chi connectivity index (χ4v) is 4.22. The number of aliphatic hydroxyl groups is 1. The molecule has 2 aromatic rings. The highest BCUT2D eigenvalue weighted by atomic mass is 35.5. The van der Waals surface area contributed by atoms with Gasteiger partial charge in [0.25, 0.3) is 0 Å². The SMILES string of the molecule is OC1OC2(CCN(Cc3ccccc3)CC2)c2c1cnc(Cl)c2Cl. The van der Waals surface area contributed by atoms with Crippen molar-refractivity contribution in [1.82, 2.24) is 9.88 Å². The molecule has 2 aliphatic rings. The number of benzene rings is 1. The standard InChI is InChI=1S/C18H18Cl2N2O2/c19-15-14-13(10-21-16(15)20)17(23)24-18(14)6-8-22(9-7-18)11-12-4-2-1-3-5-12/h1-5,10,17,23H,6-9,11H2. The van der Waals surface area contributed by atoms with Crippen molar-refractivity contribution in [2.45, 2.75) is 31.3 Å². The van der Waals surface area contributed by atoms with E-state index in [-0.39, 0.29) is 5.15 Å². The summed E-state index contributed by atoms with van der Waals surface area (Å²) in [4.78, 5) is 6.43. The van der Waals surface area contributed by atoms with Gasteiger partial charge >= 0.3 is 0 Å². The first-order valence-corrected chi connectivity index (χ1v) is 8.81. The van der Waals surface area contributed by atoms with E-state index in [1.165, 1.54) is 5.56 Å². The van der Waals surface area contributed by atoms with Gasteiger partial charge in [-0.25, -0.2) is 4.98 Å². The first-order chi connectivity index (χ1) is 11.6. The maximum atomic E-state index is 10.2. The zero-order valence-electron chi connectivity index (χ0n) is 13.1. The van der Waals surface area contributed by atoms with Crippen molar-refractivity contribution in [2.75, 3.05) is 13.1 Å². The van der Waals surface area contributed by atoms with Gasteiger partial charge in [0.1, 0.15) is 10.8 Å². The van der Waals surface area contributed by atoms with E-state index in [1.807, 2.05) is 6.07 Å². The predicted octanol–water partition coefficient (Wildman–Crippen LogP) is 3.90. The Morgan fingerprint density at radius 1 is 1.21 bits per heavy atom. The molecule has 4 rings (SSSR count). The van der Waals surface area contributed by atoms with Crippen LogP contribution in [0.15, 0.2) is 36.5 Å². The molecule has 1 aromatic heterocycles. The van der Waals surface area contributed by atoms with Crippen molar-refractivity contribution < 1.29 is 9.84 Å². The molecule has 0 saturated carbocycles. The maximum Gasteiger partial charge on any atom is 0.184 e. The third-order valence-corrected chi connectivity index (χ3v) is 5.73. The summed E-state index contributed by atoms with van der Waals surface area (Å²) < 4.78 is 5.94. The molecule has 1 aromatic carbocycles. The lowest BCUT2D eigenvalue weighted by molar-refractivity contribution is -0.189. The van der Waals surface area contributed by atoms with Crippen molar-refractivity contribution in [3.8, 4) is 0 Å². The minimum absolute atomic E-state index is 0.263. The van der Waals surface area contributed by atoms with Crippen molar-refractivity contribution >= 4 is 23.2 Å². The molecule has 1 saturated heterocycles. The molecule has 1 unspecified atom stereocenters. The van der Waals surface area contributed by atoms with Gasteiger partial charge in [0.05, 0.1) is 5.02 Å². The Hall–Kier alpha value is -1.17. The molecule has 1 spiro atoms. The smallest absolute Gasteiger partial charge is 0.184 e. The number of aliphatic hydroxyl groups excluding tert-OH is 1. The lowest BCUT2D eigenvalue weighted by atomic mass is 9.84. The Balaban J connectivity index is 1.55. The van der Waals surface area contributed by atoms with Crippen LogP contribution in [0.25, 0.3) is 0 Å². The molecular weight excluding hydrogens is 347 g/mol. The molecule has 2 aliphatic heterocycles. The number of rotatable bonds is 2.